The average molecular weight is 301 g/mol. The molecule has 5 heteroatoms. The van der Waals surface area contributed by atoms with Crippen LogP contribution in [0.1, 0.15) is 5.82 Å². The molecule has 0 spiro atoms. The maximum Gasteiger partial charge on any atom is 0.127 e. The second-order valence-corrected chi connectivity index (χ2v) is 4.75. The van der Waals surface area contributed by atoms with E-state index in [0.717, 1.165) is 16.0 Å². The molecule has 0 aliphatic rings. The number of halogens is 2. The summed E-state index contributed by atoms with van der Waals surface area (Å²) in [6, 6.07) is 5.75. The van der Waals surface area contributed by atoms with Gasteiger partial charge in [0.1, 0.15) is 5.82 Å². The van der Waals surface area contributed by atoms with Crippen molar-refractivity contribution in [2.75, 3.05) is 5.32 Å². The molecule has 3 nitrogen and oxygen atoms in total. The van der Waals surface area contributed by atoms with Crippen LogP contribution in [0.3, 0.4) is 0 Å². The zero-order chi connectivity index (χ0) is 11.5. The van der Waals surface area contributed by atoms with Gasteiger partial charge in [-0.2, -0.15) is 0 Å². The summed E-state index contributed by atoms with van der Waals surface area (Å²) >= 11 is 9.46. The maximum atomic E-state index is 6.09. The normalized spacial score (nSPS) is 10.4. The quantitative estimate of drug-likeness (QED) is 0.941. The van der Waals surface area contributed by atoms with Crippen molar-refractivity contribution in [1.29, 1.82) is 0 Å². The molecule has 0 unspecified atom stereocenters. The van der Waals surface area contributed by atoms with Gasteiger partial charge in [-0.1, -0.05) is 27.5 Å². The Morgan fingerprint density at radius 3 is 2.94 bits per heavy atom. The van der Waals surface area contributed by atoms with E-state index >= 15 is 0 Å². The Morgan fingerprint density at radius 2 is 2.31 bits per heavy atom. The van der Waals surface area contributed by atoms with Crippen molar-refractivity contribution in [3.8, 4) is 0 Å². The van der Waals surface area contributed by atoms with Crippen molar-refractivity contribution < 1.29 is 0 Å². The zero-order valence-electron chi connectivity index (χ0n) is 8.74. The summed E-state index contributed by atoms with van der Waals surface area (Å²) in [6.45, 7) is 0.658. The van der Waals surface area contributed by atoms with E-state index < -0.39 is 0 Å². The molecule has 0 atom stereocenters. The number of rotatable bonds is 3. The monoisotopic (exact) mass is 299 g/mol. The van der Waals surface area contributed by atoms with Crippen LogP contribution in [-0.4, -0.2) is 9.55 Å². The van der Waals surface area contributed by atoms with Crippen molar-refractivity contribution in [3.05, 3.63) is 45.9 Å². The summed E-state index contributed by atoms with van der Waals surface area (Å²) in [5.74, 6) is 0.971. The molecule has 1 aromatic heterocycles. The van der Waals surface area contributed by atoms with Gasteiger partial charge in [0.05, 0.1) is 17.3 Å². The minimum Gasteiger partial charge on any atom is -0.377 e. The first-order chi connectivity index (χ1) is 7.66. The number of aromatic nitrogens is 2. The summed E-state index contributed by atoms with van der Waals surface area (Å²) < 4.78 is 2.94. The Bertz CT molecular complexity index is 496. The predicted octanol–water partition coefficient (Wildman–Crippen LogP) is 3.45. The number of anilines is 1. The van der Waals surface area contributed by atoms with Gasteiger partial charge in [0.15, 0.2) is 0 Å². The number of aryl methyl sites for hydroxylation is 1. The highest BCUT2D eigenvalue weighted by Crippen LogP contribution is 2.25. The average Bonchev–Trinajstić information content (AvgIpc) is 2.63. The third-order valence-electron chi connectivity index (χ3n) is 2.29. The molecule has 1 aromatic carbocycles. The van der Waals surface area contributed by atoms with E-state index in [9.17, 15) is 0 Å². The van der Waals surface area contributed by atoms with E-state index in [1.54, 1.807) is 6.20 Å². The Balaban J connectivity index is 2.08. The molecule has 0 fully saturated rings. The van der Waals surface area contributed by atoms with Gasteiger partial charge in [-0.3, -0.25) is 0 Å². The molecule has 1 heterocycles. The number of hydrogen-bond donors (Lipinski definition) is 1. The van der Waals surface area contributed by atoms with Gasteiger partial charge in [0, 0.05) is 23.9 Å². The fourth-order valence-electron chi connectivity index (χ4n) is 1.37. The van der Waals surface area contributed by atoms with E-state index in [2.05, 4.69) is 26.2 Å². The van der Waals surface area contributed by atoms with E-state index in [1.807, 2.05) is 36.0 Å². The third-order valence-corrected chi connectivity index (χ3v) is 3.10. The summed E-state index contributed by atoms with van der Waals surface area (Å²) in [6.07, 6.45) is 3.69. The second kappa shape index (κ2) is 4.89. The molecule has 0 aliphatic heterocycles. The van der Waals surface area contributed by atoms with Gasteiger partial charge in [0.2, 0.25) is 0 Å². The van der Waals surface area contributed by atoms with Crippen LogP contribution >= 0.6 is 27.5 Å². The van der Waals surface area contributed by atoms with Crippen LogP contribution in [0.4, 0.5) is 5.69 Å². The topological polar surface area (TPSA) is 29.9 Å². The van der Waals surface area contributed by atoms with Crippen molar-refractivity contribution in [1.82, 2.24) is 9.55 Å². The first kappa shape index (κ1) is 11.5. The fraction of sp³-hybridized carbons (Fsp3) is 0.182. The molecular formula is C11H11BrClN3. The van der Waals surface area contributed by atoms with Gasteiger partial charge >= 0.3 is 0 Å². The lowest BCUT2D eigenvalue weighted by atomic mass is 10.3. The van der Waals surface area contributed by atoms with E-state index in [4.69, 9.17) is 11.6 Å². The van der Waals surface area contributed by atoms with Crippen LogP contribution in [0.2, 0.25) is 5.02 Å². The molecule has 0 saturated carbocycles. The number of nitrogens with one attached hydrogen (secondary N) is 1. The van der Waals surface area contributed by atoms with Gasteiger partial charge in [-0.25, -0.2) is 4.98 Å². The molecule has 0 radical (unpaired) electrons. The molecule has 0 amide bonds. The van der Waals surface area contributed by atoms with Crippen LogP contribution in [-0.2, 0) is 13.6 Å². The highest BCUT2D eigenvalue weighted by molar-refractivity contribution is 9.10. The molecule has 0 bridgehead atoms. The lowest BCUT2D eigenvalue weighted by molar-refractivity contribution is 0.813. The Hall–Kier alpha value is -1.000. The highest BCUT2D eigenvalue weighted by Gasteiger charge is 2.02. The summed E-state index contributed by atoms with van der Waals surface area (Å²) in [5.41, 5.74) is 0.910. The van der Waals surface area contributed by atoms with Crippen LogP contribution < -0.4 is 5.32 Å². The molecule has 2 rings (SSSR count). The molecule has 0 saturated heterocycles. The highest BCUT2D eigenvalue weighted by atomic mass is 79.9. The largest absolute Gasteiger partial charge is 0.377 e. The third kappa shape index (κ3) is 2.57. The molecular weight excluding hydrogens is 289 g/mol. The summed E-state index contributed by atoms with van der Waals surface area (Å²) in [5, 5.41) is 3.95. The van der Waals surface area contributed by atoms with Crippen molar-refractivity contribution in [2.24, 2.45) is 7.05 Å². The molecule has 2 aromatic rings. The SMILES string of the molecule is Cn1ccnc1CNc1ccc(Br)cc1Cl. The summed E-state index contributed by atoms with van der Waals surface area (Å²) in [4.78, 5) is 4.23. The molecule has 0 aliphatic carbocycles. The second-order valence-electron chi connectivity index (χ2n) is 3.43. The van der Waals surface area contributed by atoms with Gasteiger partial charge in [-0.15, -0.1) is 0 Å². The fourth-order valence-corrected chi connectivity index (χ4v) is 2.11. The number of hydrogen-bond acceptors (Lipinski definition) is 2. The van der Waals surface area contributed by atoms with Gasteiger partial charge < -0.3 is 9.88 Å². The molecule has 1 N–H and O–H groups in total. The lowest BCUT2D eigenvalue weighted by Crippen LogP contribution is -2.05. The minimum atomic E-state index is 0.658. The van der Waals surface area contributed by atoms with E-state index in [0.29, 0.717) is 11.6 Å². The smallest absolute Gasteiger partial charge is 0.127 e. The van der Waals surface area contributed by atoms with Crippen LogP contribution in [0.25, 0.3) is 0 Å². The standard InChI is InChI=1S/C11H11BrClN3/c1-16-5-4-14-11(16)7-15-10-3-2-8(12)6-9(10)13/h2-6,15H,7H2,1H3. The molecule has 84 valence electrons. The minimum absolute atomic E-state index is 0.658. The summed E-state index contributed by atoms with van der Waals surface area (Å²) in [7, 11) is 1.97. The number of benzene rings is 1. The number of nitrogens with zero attached hydrogens (tertiary/aromatic N) is 2. The Morgan fingerprint density at radius 1 is 1.50 bits per heavy atom. The Kier molecular flexibility index (Phi) is 3.51. The van der Waals surface area contributed by atoms with E-state index in [-0.39, 0.29) is 0 Å². The van der Waals surface area contributed by atoms with Crippen LogP contribution in [0.5, 0.6) is 0 Å². The first-order valence-electron chi connectivity index (χ1n) is 4.82. The van der Waals surface area contributed by atoms with Crippen LogP contribution in [0.15, 0.2) is 35.1 Å². The number of imidazole rings is 1. The van der Waals surface area contributed by atoms with Crippen molar-refractivity contribution in [3.63, 3.8) is 0 Å². The van der Waals surface area contributed by atoms with Crippen LogP contribution in [0, 0.1) is 0 Å². The predicted molar refractivity (Wildman–Crippen MR) is 69.7 cm³/mol. The van der Waals surface area contributed by atoms with E-state index in [1.165, 1.54) is 0 Å². The lowest BCUT2D eigenvalue weighted by Gasteiger charge is -2.08. The first-order valence-corrected chi connectivity index (χ1v) is 5.99. The zero-order valence-corrected chi connectivity index (χ0v) is 11.1. The van der Waals surface area contributed by atoms with Gasteiger partial charge in [0.25, 0.3) is 0 Å². The van der Waals surface area contributed by atoms with Gasteiger partial charge in [-0.05, 0) is 18.2 Å². The van der Waals surface area contributed by atoms with Crippen molar-refractivity contribution >= 4 is 33.2 Å². The molecule has 16 heavy (non-hydrogen) atoms. The Labute approximate surface area is 108 Å². The maximum absolute atomic E-state index is 6.09. The van der Waals surface area contributed by atoms with Crippen molar-refractivity contribution in [2.45, 2.75) is 6.54 Å².